The maximum Gasteiger partial charge on any atom is 0.251 e. The van der Waals surface area contributed by atoms with Crippen molar-refractivity contribution in [1.82, 2.24) is 25.5 Å². The van der Waals surface area contributed by atoms with E-state index in [1.54, 1.807) is 18.5 Å². The smallest absolute Gasteiger partial charge is 0.251 e. The molecule has 3 aliphatic rings. The fourth-order valence-corrected chi connectivity index (χ4v) is 7.12. The summed E-state index contributed by atoms with van der Waals surface area (Å²) in [6.07, 6.45) is 11.8. The van der Waals surface area contributed by atoms with Crippen LogP contribution in [-0.2, 0) is 0 Å². The number of hydrogen-bond acceptors (Lipinski definition) is 6. The van der Waals surface area contributed by atoms with Crippen LogP contribution in [-0.4, -0.2) is 49.4 Å². The summed E-state index contributed by atoms with van der Waals surface area (Å²) in [7, 11) is 0. The van der Waals surface area contributed by atoms with Gasteiger partial charge in [-0.1, -0.05) is 25.0 Å². The summed E-state index contributed by atoms with van der Waals surface area (Å²) in [4.78, 5) is 24.9. The number of nitrogens with zero attached hydrogens (tertiary/aromatic N) is 4. The zero-order chi connectivity index (χ0) is 26.3. The molecule has 4 atom stereocenters. The lowest BCUT2D eigenvalue weighted by molar-refractivity contribution is 0.0919. The zero-order valence-electron chi connectivity index (χ0n) is 22.0. The molecule has 2 aromatic carbocycles. The van der Waals surface area contributed by atoms with E-state index < -0.39 is 0 Å². The molecule has 8 heteroatoms. The number of hydrogen-bond donors (Lipinski definition) is 3. The summed E-state index contributed by atoms with van der Waals surface area (Å²) in [6, 6.07) is 16.7. The highest BCUT2D eigenvalue weighted by Gasteiger charge is 2.40. The van der Waals surface area contributed by atoms with Crippen LogP contribution in [0.2, 0.25) is 0 Å². The second-order valence-electron chi connectivity index (χ2n) is 11.4. The maximum atomic E-state index is 13.5. The highest BCUT2D eigenvalue weighted by atomic mass is 16.3. The Hall–Kier alpha value is -3.78. The standard InChI is InChI=1S/C31H34N6O2/c38-25-17-23-11-12-24(18-25)37(23)22-9-6-20(7-10-22)28-26-16-21(8-13-27(26)35-36-28)31(39)34-29(19-4-1-2-5-19)30-32-14-3-15-33-30/h3,6-10,13-16,19,23-25,29,38H,1-2,4-5,11-12,17-18H2,(H,34,39)(H,35,36)/t23-,24+,25?,29-/m0/s1. The second-order valence-corrected chi connectivity index (χ2v) is 11.4. The minimum atomic E-state index is -0.195. The van der Waals surface area contributed by atoms with Gasteiger partial charge >= 0.3 is 0 Å². The number of H-pyrrole nitrogens is 1. The lowest BCUT2D eigenvalue weighted by Gasteiger charge is -2.39. The van der Waals surface area contributed by atoms with Crippen LogP contribution >= 0.6 is 0 Å². The van der Waals surface area contributed by atoms with Crippen molar-refractivity contribution in [3.05, 3.63) is 72.3 Å². The van der Waals surface area contributed by atoms with Crippen LogP contribution in [0, 0.1) is 5.92 Å². The van der Waals surface area contributed by atoms with E-state index in [0.717, 1.165) is 60.7 Å². The number of carbonyl (C=O) groups excluding carboxylic acids is 1. The van der Waals surface area contributed by atoms with Crippen LogP contribution in [0.15, 0.2) is 60.9 Å². The van der Waals surface area contributed by atoms with Gasteiger partial charge in [-0.2, -0.15) is 5.10 Å². The van der Waals surface area contributed by atoms with Gasteiger partial charge in [0, 0.05) is 46.7 Å². The number of rotatable bonds is 6. The first-order valence-corrected chi connectivity index (χ1v) is 14.3. The van der Waals surface area contributed by atoms with Crippen molar-refractivity contribution in [1.29, 1.82) is 0 Å². The summed E-state index contributed by atoms with van der Waals surface area (Å²) >= 11 is 0. The summed E-state index contributed by atoms with van der Waals surface area (Å²) in [5.41, 5.74) is 4.55. The number of aliphatic hydroxyl groups is 1. The van der Waals surface area contributed by atoms with Gasteiger partial charge in [-0.3, -0.25) is 9.89 Å². The molecule has 4 aromatic rings. The Labute approximate surface area is 227 Å². The normalized spacial score (nSPS) is 23.8. The minimum absolute atomic E-state index is 0.119. The largest absolute Gasteiger partial charge is 0.393 e. The van der Waals surface area contributed by atoms with Crippen LogP contribution in [0.1, 0.15) is 73.6 Å². The van der Waals surface area contributed by atoms with E-state index in [2.05, 4.69) is 54.6 Å². The molecule has 2 aromatic heterocycles. The van der Waals surface area contributed by atoms with E-state index in [1.807, 2.05) is 18.2 Å². The van der Waals surface area contributed by atoms with Gasteiger partial charge in [-0.15, -0.1) is 0 Å². The number of aromatic nitrogens is 4. The van der Waals surface area contributed by atoms with Gasteiger partial charge in [0.15, 0.2) is 5.82 Å². The third-order valence-corrected chi connectivity index (χ3v) is 8.99. The highest BCUT2D eigenvalue weighted by molar-refractivity contribution is 6.01. The van der Waals surface area contributed by atoms with E-state index in [0.29, 0.717) is 29.4 Å². The minimum Gasteiger partial charge on any atom is -0.393 e. The van der Waals surface area contributed by atoms with Crippen molar-refractivity contribution >= 4 is 22.5 Å². The molecule has 3 N–H and O–H groups in total. The topological polar surface area (TPSA) is 107 Å². The molecule has 1 saturated carbocycles. The van der Waals surface area contributed by atoms with E-state index >= 15 is 0 Å². The molecule has 4 heterocycles. The molecule has 39 heavy (non-hydrogen) atoms. The maximum absolute atomic E-state index is 13.5. The molecular formula is C31H34N6O2. The quantitative estimate of drug-likeness (QED) is 0.322. The van der Waals surface area contributed by atoms with Crippen molar-refractivity contribution in [2.45, 2.75) is 75.6 Å². The van der Waals surface area contributed by atoms with Crippen molar-refractivity contribution in [3.63, 3.8) is 0 Å². The first-order chi connectivity index (χ1) is 19.1. The predicted octanol–water partition coefficient (Wildman–Crippen LogP) is 5.17. The van der Waals surface area contributed by atoms with Crippen molar-refractivity contribution in [3.8, 4) is 11.3 Å². The number of benzene rings is 2. The molecule has 1 amide bonds. The van der Waals surface area contributed by atoms with Crippen LogP contribution in [0.25, 0.3) is 22.2 Å². The fourth-order valence-electron chi connectivity index (χ4n) is 7.12. The molecule has 2 saturated heterocycles. The van der Waals surface area contributed by atoms with Crippen molar-refractivity contribution in [2.24, 2.45) is 5.92 Å². The van der Waals surface area contributed by atoms with Crippen LogP contribution in [0.3, 0.4) is 0 Å². The lowest BCUT2D eigenvalue weighted by atomic mass is 9.96. The molecule has 8 nitrogen and oxygen atoms in total. The van der Waals surface area contributed by atoms with Gasteiger partial charge in [0.1, 0.15) is 0 Å². The van der Waals surface area contributed by atoms with Crippen LogP contribution in [0.4, 0.5) is 5.69 Å². The molecule has 7 rings (SSSR count). The van der Waals surface area contributed by atoms with Crippen molar-refractivity contribution < 1.29 is 9.90 Å². The Morgan fingerprint density at radius 2 is 1.69 bits per heavy atom. The molecule has 200 valence electrons. The Bertz CT molecular complexity index is 1450. The molecule has 1 unspecified atom stereocenters. The van der Waals surface area contributed by atoms with Gasteiger partial charge in [-0.05, 0) is 80.8 Å². The predicted molar refractivity (Wildman–Crippen MR) is 150 cm³/mol. The number of anilines is 1. The Kier molecular flexibility index (Phi) is 6.27. The number of aromatic amines is 1. The number of carbonyl (C=O) groups is 1. The van der Waals surface area contributed by atoms with Crippen LogP contribution < -0.4 is 10.2 Å². The van der Waals surface area contributed by atoms with Gasteiger partial charge in [0.2, 0.25) is 0 Å². The first-order valence-electron chi connectivity index (χ1n) is 14.3. The van der Waals surface area contributed by atoms with Crippen molar-refractivity contribution in [2.75, 3.05) is 4.90 Å². The fraction of sp³-hybridized carbons (Fsp3) is 0.419. The number of fused-ring (bicyclic) bond motifs is 3. The average Bonchev–Trinajstić information content (AvgIpc) is 3.70. The number of piperidine rings is 1. The molecule has 0 radical (unpaired) electrons. The molecule has 3 fully saturated rings. The Morgan fingerprint density at radius 1 is 0.974 bits per heavy atom. The number of nitrogens with one attached hydrogen (secondary N) is 2. The molecular weight excluding hydrogens is 488 g/mol. The molecule has 1 aliphatic carbocycles. The number of aliphatic hydroxyl groups excluding tert-OH is 1. The Morgan fingerprint density at radius 3 is 2.41 bits per heavy atom. The third-order valence-electron chi connectivity index (χ3n) is 8.99. The molecule has 2 bridgehead atoms. The van der Waals surface area contributed by atoms with E-state index in [4.69, 9.17) is 0 Å². The summed E-state index contributed by atoms with van der Waals surface area (Å²) in [5, 5.41) is 22.1. The first kappa shape index (κ1) is 24.3. The van der Waals surface area contributed by atoms with E-state index in [-0.39, 0.29) is 18.1 Å². The van der Waals surface area contributed by atoms with E-state index in [1.165, 1.54) is 18.5 Å². The van der Waals surface area contributed by atoms with Crippen LogP contribution in [0.5, 0.6) is 0 Å². The highest BCUT2D eigenvalue weighted by Crippen LogP contribution is 2.40. The van der Waals surface area contributed by atoms with Gasteiger partial charge in [0.05, 0.1) is 23.4 Å². The summed E-state index contributed by atoms with van der Waals surface area (Å²) < 4.78 is 0. The lowest BCUT2D eigenvalue weighted by Crippen LogP contribution is -2.44. The SMILES string of the molecule is O=C(N[C@H](c1ncccn1)C1CCCC1)c1ccc2[nH]nc(-c3ccc(N4[C@@H]5CC[C@H]4CC(O)C5)cc3)c2c1. The number of amides is 1. The molecule has 0 spiro atoms. The summed E-state index contributed by atoms with van der Waals surface area (Å²) in [6.45, 7) is 0. The molecule has 2 aliphatic heterocycles. The average molecular weight is 523 g/mol. The van der Waals surface area contributed by atoms with E-state index in [9.17, 15) is 9.90 Å². The zero-order valence-corrected chi connectivity index (χ0v) is 22.0. The Balaban J connectivity index is 1.14. The third kappa shape index (κ3) is 4.56. The summed E-state index contributed by atoms with van der Waals surface area (Å²) in [5.74, 6) is 0.910. The monoisotopic (exact) mass is 522 g/mol. The van der Waals surface area contributed by atoms with Gasteiger partial charge in [0.25, 0.3) is 5.91 Å². The van der Waals surface area contributed by atoms with Gasteiger partial charge in [-0.25, -0.2) is 9.97 Å². The van der Waals surface area contributed by atoms with Gasteiger partial charge < -0.3 is 15.3 Å². The second kappa shape index (κ2) is 10.1.